The summed E-state index contributed by atoms with van der Waals surface area (Å²) < 4.78 is 17.0. The van der Waals surface area contributed by atoms with Crippen molar-refractivity contribution in [1.29, 1.82) is 0 Å². The van der Waals surface area contributed by atoms with Gasteiger partial charge >= 0.3 is 0 Å². The van der Waals surface area contributed by atoms with Crippen LogP contribution in [0.3, 0.4) is 0 Å². The smallest absolute Gasteiger partial charge is 0.203 e. The van der Waals surface area contributed by atoms with Gasteiger partial charge in [-0.3, -0.25) is 0 Å². The lowest BCUT2D eigenvalue weighted by molar-refractivity contribution is 0.324. The minimum atomic E-state index is -0.299. The van der Waals surface area contributed by atoms with Gasteiger partial charge in [0, 0.05) is 4.47 Å². The van der Waals surface area contributed by atoms with E-state index in [1.54, 1.807) is 21.3 Å². The molecule has 2 rings (SSSR count). The van der Waals surface area contributed by atoms with Gasteiger partial charge in [-0.05, 0) is 35.4 Å². The number of hydrogen-bond donors (Lipinski definition) is 0. The van der Waals surface area contributed by atoms with Crippen LogP contribution in [-0.2, 0) is 0 Å². The summed E-state index contributed by atoms with van der Waals surface area (Å²) in [6.07, 6.45) is 0. The van der Waals surface area contributed by atoms with E-state index in [4.69, 9.17) is 25.8 Å². The van der Waals surface area contributed by atoms with Crippen molar-refractivity contribution >= 4 is 27.5 Å². The summed E-state index contributed by atoms with van der Waals surface area (Å²) >= 11 is 9.99. The lowest BCUT2D eigenvalue weighted by Gasteiger charge is -2.17. The Morgan fingerprint density at radius 2 is 1.38 bits per heavy atom. The van der Waals surface area contributed by atoms with Crippen LogP contribution in [0.1, 0.15) is 16.5 Å². The molecule has 0 fully saturated rings. The molecule has 0 spiro atoms. The largest absolute Gasteiger partial charge is 0.493 e. The highest BCUT2D eigenvalue weighted by molar-refractivity contribution is 9.10. The molecule has 0 N–H and O–H groups in total. The fraction of sp³-hybridized carbons (Fsp3) is 0.250. The molecule has 2 aromatic carbocycles. The maximum Gasteiger partial charge on any atom is 0.203 e. The van der Waals surface area contributed by atoms with Crippen LogP contribution in [0.25, 0.3) is 0 Å². The fourth-order valence-electron chi connectivity index (χ4n) is 2.07. The van der Waals surface area contributed by atoms with Gasteiger partial charge in [0.1, 0.15) is 0 Å². The van der Waals surface area contributed by atoms with E-state index in [9.17, 15) is 0 Å². The van der Waals surface area contributed by atoms with E-state index < -0.39 is 0 Å². The van der Waals surface area contributed by atoms with Crippen LogP contribution in [0.2, 0.25) is 0 Å². The standard InChI is InChI=1S/C16H16BrClO3/c1-19-13-8-11(9-14(20-2)16(13)21-3)15(18)10-4-6-12(17)7-5-10/h4-9,15H,1-3H3. The Labute approximate surface area is 137 Å². The molecule has 0 aliphatic heterocycles. The predicted molar refractivity (Wildman–Crippen MR) is 87.9 cm³/mol. The molecule has 112 valence electrons. The number of hydrogen-bond acceptors (Lipinski definition) is 3. The van der Waals surface area contributed by atoms with Crippen LogP contribution in [0.15, 0.2) is 40.9 Å². The summed E-state index contributed by atoms with van der Waals surface area (Å²) in [6, 6.07) is 11.6. The van der Waals surface area contributed by atoms with Crippen molar-refractivity contribution in [3.8, 4) is 17.2 Å². The van der Waals surface area contributed by atoms with Crippen LogP contribution >= 0.6 is 27.5 Å². The summed E-state index contributed by atoms with van der Waals surface area (Å²) in [6.45, 7) is 0. The fourth-order valence-corrected chi connectivity index (χ4v) is 2.61. The molecule has 21 heavy (non-hydrogen) atoms. The molecule has 0 saturated carbocycles. The second-order valence-electron chi connectivity index (χ2n) is 4.37. The molecule has 3 nitrogen and oxygen atoms in total. The van der Waals surface area contributed by atoms with Crippen molar-refractivity contribution in [2.45, 2.75) is 5.38 Å². The Morgan fingerprint density at radius 3 is 1.81 bits per heavy atom. The van der Waals surface area contributed by atoms with Crippen molar-refractivity contribution in [2.24, 2.45) is 0 Å². The normalized spacial score (nSPS) is 11.9. The van der Waals surface area contributed by atoms with Crippen LogP contribution < -0.4 is 14.2 Å². The number of alkyl halides is 1. The SMILES string of the molecule is COc1cc(C(Cl)c2ccc(Br)cc2)cc(OC)c1OC. The van der Waals surface area contributed by atoms with Crippen molar-refractivity contribution in [1.82, 2.24) is 0 Å². The quantitative estimate of drug-likeness (QED) is 0.706. The topological polar surface area (TPSA) is 27.7 Å². The number of methoxy groups -OCH3 is 3. The van der Waals surface area contributed by atoms with Crippen molar-refractivity contribution in [3.63, 3.8) is 0 Å². The van der Waals surface area contributed by atoms with E-state index in [1.165, 1.54) is 0 Å². The Balaban J connectivity index is 2.45. The van der Waals surface area contributed by atoms with E-state index in [-0.39, 0.29) is 5.38 Å². The first-order valence-corrected chi connectivity index (χ1v) is 7.53. The average Bonchev–Trinajstić information content (AvgIpc) is 2.53. The zero-order valence-electron chi connectivity index (χ0n) is 12.0. The molecule has 0 aliphatic carbocycles. The van der Waals surface area contributed by atoms with Crippen molar-refractivity contribution in [2.75, 3.05) is 21.3 Å². The third-order valence-electron chi connectivity index (χ3n) is 3.14. The Hall–Kier alpha value is -1.39. The highest BCUT2D eigenvalue weighted by atomic mass is 79.9. The van der Waals surface area contributed by atoms with Crippen LogP contribution in [0, 0.1) is 0 Å². The Morgan fingerprint density at radius 1 is 0.857 bits per heavy atom. The van der Waals surface area contributed by atoms with Gasteiger partial charge in [-0.15, -0.1) is 11.6 Å². The summed E-state index contributed by atoms with van der Waals surface area (Å²) in [5.74, 6) is 1.74. The highest BCUT2D eigenvalue weighted by Crippen LogP contribution is 2.42. The summed E-state index contributed by atoms with van der Waals surface area (Å²) in [5, 5.41) is -0.299. The molecular weight excluding hydrogens is 356 g/mol. The number of benzene rings is 2. The molecule has 2 aromatic rings. The molecule has 1 unspecified atom stereocenters. The summed E-state index contributed by atoms with van der Waals surface area (Å²) in [4.78, 5) is 0. The zero-order valence-corrected chi connectivity index (χ0v) is 14.4. The average molecular weight is 372 g/mol. The molecule has 0 heterocycles. The number of rotatable bonds is 5. The van der Waals surface area contributed by atoms with Gasteiger partial charge < -0.3 is 14.2 Å². The van der Waals surface area contributed by atoms with Gasteiger partial charge in [-0.25, -0.2) is 0 Å². The second kappa shape index (κ2) is 7.05. The van der Waals surface area contributed by atoms with Gasteiger partial charge in [0.05, 0.1) is 26.7 Å². The van der Waals surface area contributed by atoms with Gasteiger partial charge in [-0.2, -0.15) is 0 Å². The first-order chi connectivity index (χ1) is 10.1. The first-order valence-electron chi connectivity index (χ1n) is 6.30. The molecule has 0 radical (unpaired) electrons. The number of ether oxygens (including phenoxy) is 3. The predicted octanol–water partition coefficient (Wildman–Crippen LogP) is 4.80. The van der Waals surface area contributed by atoms with E-state index in [1.807, 2.05) is 36.4 Å². The molecule has 0 aliphatic rings. The number of halogens is 2. The first kappa shape index (κ1) is 16.0. The monoisotopic (exact) mass is 370 g/mol. The highest BCUT2D eigenvalue weighted by Gasteiger charge is 2.18. The second-order valence-corrected chi connectivity index (χ2v) is 5.72. The maximum absolute atomic E-state index is 6.57. The molecule has 0 amide bonds. The van der Waals surface area contributed by atoms with Gasteiger partial charge in [-0.1, -0.05) is 28.1 Å². The van der Waals surface area contributed by atoms with Crippen molar-refractivity contribution < 1.29 is 14.2 Å². The molecule has 1 atom stereocenters. The van der Waals surface area contributed by atoms with E-state index in [2.05, 4.69) is 15.9 Å². The zero-order chi connectivity index (χ0) is 15.4. The third-order valence-corrected chi connectivity index (χ3v) is 4.17. The van der Waals surface area contributed by atoms with Crippen LogP contribution in [-0.4, -0.2) is 21.3 Å². The Kier molecular flexibility index (Phi) is 5.37. The van der Waals surface area contributed by atoms with Crippen LogP contribution in [0.5, 0.6) is 17.2 Å². The van der Waals surface area contributed by atoms with E-state index in [0.29, 0.717) is 17.2 Å². The summed E-state index contributed by atoms with van der Waals surface area (Å²) in [5.41, 5.74) is 1.88. The molecule has 0 aromatic heterocycles. The minimum absolute atomic E-state index is 0.299. The minimum Gasteiger partial charge on any atom is -0.493 e. The maximum atomic E-state index is 6.57. The third kappa shape index (κ3) is 3.44. The molecule has 0 bridgehead atoms. The van der Waals surface area contributed by atoms with Gasteiger partial charge in [0.15, 0.2) is 11.5 Å². The van der Waals surface area contributed by atoms with E-state index >= 15 is 0 Å². The lowest BCUT2D eigenvalue weighted by Crippen LogP contribution is -1.99. The summed E-state index contributed by atoms with van der Waals surface area (Å²) in [7, 11) is 4.75. The van der Waals surface area contributed by atoms with Gasteiger partial charge in [0.25, 0.3) is 0 Å². The van der Waals surface area contributed by atoms with Crippen molar-refractivity contribution in [3.05, 3.63) is 52.0 Å². The molecular formula is C16H16BrClO3. The van der Waals surface area contributed by atoms with Gasteiger partial charge in [0.2, 0.25) is 5.75 Å². The van der Waals surface area contributed by atoms with Crippen LogP contribution in [0.4, 0.5) is 0 Å². The molecule has 0 saturated heterocycles. The lowest BCUT2D eigenvalue weighted by atomic mass is 10.0. The Bertz CT molecular complexity index is 588. The van der Waals surface area contributed by atoms with E-state index in [0.717, 1.165) is 15.6 Å². The molecule has 5 heteroatoms.